The van der Waals surface area contributed by atoms with Crippen molar-refractivity contribution in [2.75, 3.05) is 39.3 Å². The summed E-state index contributed by atoms with van der Waals surface area (Å²) in [7, 11) is 0. The first-order chi connectivity index (χ1) is 10.1. The van der Waals surface area contributed by atoms with E-state index in [2.05, 4.69) is 4.90 Å². The molecule has 1 heterocycles. The molecule has 5 nitrogen and oxygen atoms in total. The van der Waals surface area contributed by atoms with Gasteiger partial charge >= 0.3 is 0 Å². The van der Waals surface area contributed by atoms with Crippen LogP contribution in [0.1, 0.15) is 6.92 Å². The van der Waals surface area contributed by atoms with Gasteiger partial charge in [0.25, 0.3) is 5.91 Å². The van der Waals surface area contributed by atoms with E-state index in [1.807, 2.05) is 12.1 Å². The maximum atomic E-state index is 11.7. The second-order valence-electron chi connectivity index (χ2n) is 5.15. The lowest BCUT2D eigenvalue weighted by atomic mass is 10.2. The minimum absolute atomic E-state index is 0.188. The zero-order chi connectivity index (χ0) is 15.2. The number of nitrogens with zero attached hydrogens (tertiary/aromatic N) is 2. The molecule has 1 amide bonds. The predicted molar refractivity (Wildman–Crippen MR) is 81.6 cm³/mol. The van der Waals surface area contributed by atoms with Gasteiger partial charge in [-0.2, -0.15) is 0 Å². The van der Waals surface area contributed by atoms with E-state index < -0.39 is 6.10 Å². The van der Waals surface area contributed by atoms with Crippen molar-refractivity contribution in [3.05, 3.63) is 29.3 Å². The molecule has 0 radical (unpaired) electrons. The fraction of sp³-hybridized carbons (Fsp3) is 0.533. The van der Waals surface area contributed by atoms with Crippen LogP contribution in [-0.2, 0) is 4.79 Å². The summed E-state index contributed by atoms with van der Waals surface area (Å²) in [5.41, 5.74) is 0. The summed E-state index contributed by atoms with van der Waals surface area (Å²) in [5.74, 6) is 0.620. The first-order valence-corrected chi connectivity index (χ1v) is 7.51. The van der Waals surface area contributed by atoms with Crippen LogP contribution in [0.15, 0.2) is 24.3 Å². The normalized spacial score (nSPS) is 17.6. The Labute approximate surface area is 130 Å². The Morgan fingerprint density at radius 3 is 2.48 bits per heavy atom. The zero-order valence-electron chi connectivity index (χ0n) is 12.2. The van der Waals surface area contributed by atoms with Gasteiger partial charge in [-0.1, -0.05) is 11.6 Å². The largest absolute Gasteiger partial charge is 0.492 e. The number of amides is 1. The average molecular weight is 313 g/mol. The fourth-order valence-electron chi connectivity index (χ4n) is 2.28. The quantitative estimate of drug-likeness (QED) is 0.889. The molecular weight excluding hydrogens is 292 g/mol. The van der Waals surface area contributed by atoms with Gasteiger partial charge in [0.2, 0.25) is 0 Å². The van der Waals surface area contributed by atoms with Crippen molar-refractivity contribution in [2.45, 2.75) is 13.0 Å². The Hall–Kier alpha value is -1.30. The number of rotatable bonds is 5. The molecule has 6 heteroatoms. The molecule has 1 saturated heterocycles. The van der Waals surface area contributed by atoms with Crippen LogP contribution in [0.4, 0.5) is 0 Å². The van der Waals surface area contributed by atoms with E-state index in [9.17, 15) is 9.90 Å². The molecule has 2 rings (SSSR count). The van der Waals surface area contributed by atoms with Gasteiger partial charge < -0.3 is 14.7 Å². The topological polar surface area (TPSA) is 53.0 Å². The summed E-state index contributed by atoms with van der Waals surface area (Å²) in [5, 5.41) is 9.99. The van der Waals surface area contributed by atoms with Crippen LogP contribution >= 0.6 is 11.6 Å². The van der Waals surface area contributed by atoms with Gasteiger partial charge in [0, 0.05) is 37.7 Å². The molecule has 0 saturated carbocycles. The summed E-state index contributed by atoms with van der Waals surface area (Å²) in [6, 6.07) is 7.30. The lowest BCUT2D eigenvalue weighted by molar-refractivity contribution is -0.141. The molecule has 1 N–H and O–H groups in total. The Morgan fingerprint density at radius 1 is 1.29 bits per heavy atom. The third-order valence-electron chi connectivity index (χ3n) is 3.53. The van der Waals surface area contributed by atoms with E-state index in [1.165, 1.54) is 6.92 Å². The highest BCUT2D eigenvalue weighted by molar-refractivity contribution is 6.30. The van der Waals surface area contributed by atoms with Crippen molar-refractivity contribution in [2.24, 2.45) is 0 Å². The van der Waals surface area contributed by atoms with Crippen LogP contribution in [0.5, 0.6) is 5.75 Å². The molecule has 1 aromatic carbocycles. The van der Waals surface area contributed by atoms with Crippen molar-refractivity contribution in [1.29, 1.82) is 0 Å². The standard InChI is InChI=1S/C15H21ClN2O3/c1-12(19)15(20)18-8-6-17(7-9-18)10-11-21-14-4-2-13(16)3-5-14/h2-5,12,19H,6-11H2,1H3. The van der Waals surface area contributed by atoms with Gasteiger partial charge in [-0.05, 0) is 31.2 Å². The minimum Gasteiger partial charge on any atom is -0.492 e. The highest BCUT2D eigenvalue weighted by Gasteiger charge is 2.23. The molecule has 1 unspecified atom stereocenters. The maximum Gasteiger partial charge on any atom is 0.251 e. The summed E-state index contributed by atoms with van der Waals surface area (Å²) in [6.07, 6.45) is -0.912. The van der Waals surface area contributed by atoms with Crippen LogP contribution in [0.3, 0.4) is 0 Å². The van der Waals surface area contributed by atoms with Crippen LogP contribution in [0.2, 0.25) is 5.02 Å². The molecule has 116 valence electrons. The number of hydrogen-bond donors (Lipinski definition) is 1. The van der Waals surface area contributed by atoms with E-state index >= 15 is 0 Å². The van der Waals surface area contributed by atoms with E-state index in [0.717, 1.165) is 25.4 Å². The lowest BCUT2D eigenvalue weighted by Gasteiger charge is -2.35. The molecule has 0 aromatic heterocycles. The molecule has 1 fully saturated rings. The first-order valence-electron chi connectivity index (χ1n) is 7.14. The molecule has 1 aliphatic rings. The second-order valence-corrected chi connectivity index (χ2v) is 5.58. The van der Waals surface area contributed by atoms with Crippen LogP contribution in [0.25, 0.3) is 0 Å². The third kappa shape index (κ3) is 4.88. The molecule has 0 aliphatic carbocycles. The lowest BCUT2D eigenvalue weighted by Crippen LogP contribution is -2.51. The highest BCUT2D eigenvalue weighted by atomic mass is 35.5. The number of piperazine rings is 1. The number of halogens is 1. The van der Waals surface area contributed by atoms with E-state index in [0.29, 0.717) is 24.7 Å². The van der Waals surface area contributed by atoms with Crippen LogP contribution in [-0.4, -0.2) is 66.2 Å². The van der Waals surface area contributed by atoms with Crippen LogP contribution in [0, 0.1) is 0 Å². The summed E-state index contributed by atoms with van der Waals surface area (Å²) >= 11 is 5.82. The van der Waals surface area contributed by atoms with Crippen LogP contribution < -0.4 is 4.74 Å². The van der Waals surface area contributed by atoms with Crippen molar-refractivity contribution in [1.82, 2.24) is 9.80 Å². The number of aliphatic hydroxyl groups excluding tert-OH is 1. The van der Waals surface area contributed by atoms with Crippen molar-refractivity contribution in [3.8, 4) is 5.75 Å². The number of aliphatic hydroxyl groups is 1. The number of hydrogen-bond acceptors (Lipinski definition) is 4. The summed E-state index contributed by atoms with van der Waals surface area (Å²) in [6.45, 7) is 5.86. The Kier molecular flexibility index (Phi) is 5.85. The fourth-order valence-corrected chi connectivity index (χ4v) is 2.41. The SMILES string of the molecule is CC(O)C(=O)N1CCN(CCOc2ccc(Cl)cc2)CC1. The highest BCUT2D eigenvalue weighted by Crippen LogP contribution is 2.15. The molecule has 0 bridgehead atoms. The molecule has 1 aliphatic heterocycles. The van der Waals surface area contributed by atoms with E-state index in [1.54, 1.807) is 17.0 Å². The molecular formula is C15H21ClN2O3. The van der Waals surface area contributed by atoms with Crippen molar-refractivity contribution < 1.29 is 14.6 Å². The smallest absolute Gasteiger partial charge is 0.251 e. The van der Waals surface area contributed by atoms with Gasteiger partial charge in [0.15, 0.2) is 0 Å². The molecule has 1 atom stereocenters. The van der Waals surface area contributed by atoms with Gasteiger partial charge in [-0.25, -0.2) is 0 Å². The third-order valence-corrected chi connectivity index (χ3v) is 3.78. The van der Waals surface area contributed by atoms with E-state index in [-0.39, 0.29) is 5.91 Å². The van der Waals surface area contributed by atoms with Gasteiger partial charge in [0.1, 0.15) is 18.5 Å². The zero-order valence-corrected chi connectivity index (χ0v) is 12.9. The van der Waals surface area contributed by atoms with Crippen molar-refractivity contribution >= 4 is 17.5 Å². The Balaban J connectivity index is 1.67. The summed E-state index contributed by atoms with van der Waals surface area (Å²) in [4.78, 5) is 15.6. The number of carbonyl (C=O) groups excluding carboxylic acids is 1. The Morgan fingerprint density at radius 2 is 1.90 bits per heavy atom. The van der Waals surface area contributed by atoms with Gasteiger partial charge in [-0.3, -0.25) is 9.69 Å². The molecule has 21 heavy (non-hydrogen) atoms. The van der Waals surface area contributed by atoms with Gasteiger partial charge in [0.05, 0.1) is 0 Å². The van der Waals surface area contributed by atoms with E-state index in [4.69, 9.17) is 16.3 Å². The number of carbonyl (C=O) groups is 1. The average Bonchev–Trinajstić information content (AvgIpc) is 2.49. The minimum atomic E-state index is -0.912. The molecule has 1 aromatic rings. The Bertz CT molecular complexity index is 456. The maximum absolute atomic E-state index is 11.7. The van der Waals surface area contributed by atoms with Crippen molar-refractivity contribution in [3.63, 3.8) is 0 Å². The monoisotopic (exact) mass is 312 g/mol. The molecule has 0 spiro atoms. The van der Waals surface area contributed by atoms with Gasteiger partial charge in [-0.15, -0.1) is 0 Å². The number of ether oxygens (including phenoxy) is 1. The predicted octanol–water partition coefficient (Wildman–Crippen LogP) is 1.24. The summed E-state index contributed by atoms with van der Waals surface area (Å²) < 4.78 is 5.66. The first kappa shape index (κ1) is 16.1. The second kappa shape index (κ2) is 7.64. The number of benzene rings is 1.